The number of hydrogen-bond donors (Lipinski definition) is 1. The van der Waals surface area contributed by atoms with E-state index in [1.165, 1.54) is 89.9 Å². The Morgan fingerprint density at radius 1 is 0.720 bits per heavy atom. The zero-order valence-corrected chi connectivity index (χ0v) is 16.7. The van der Waals surface area contributed by atoms with Crippen LogP contribution >= 0.6 is 0 Å². The fraction of sp³-hybridized carbons (Fsp3) is 0.957. The van der Waals surface area contributed by atoms with Crippen molar-refractivity contribution in [2.45, 2.75) is 116 Å². The zero-order valence-electron chi connectivity index (χ0n) is 16.7. The number of hydrogen-bond acceptors (Lipinski definition) is 1. The van der Waals surface area contributed by atoms with Gasteiger partial charge in [0.25, 0.3) is 0 Å². The van der Waals surface area contributed by atoms with Gasteiger partial charge in [0, 0.05) is 6.42 Å². The van der Waals surface area contributed by atoms with Gasteiger partial charge in [-0.2, -0.15) is 0 Å². The fourth-order valence-corrected chi connectivity index (χ4v) is 5.47. The van der Waals surface area contributed by atoms with Gasteiger partial charge in [-0.3, -0.25) is 4.79 Å². The van der Waals surface area contributed by atoms with Crippen LogP contribution in [0.25, 0.3) is 0 Å². The molecule has 25 heavy (non-hydrogen) atoms. The van der Waals surface area contributed by atoms with Gasteiger partial charge >= 0.3 is 5.97 Å². The summed E-state index contributed by atoms with van der Waals surface area (Å²) >= 11 is 0. The lowest BCUT2D eigenvalue weighted by Crippen LogP contribution is -2.25. The van der Waals surface area contributed by atoms with Crippen LogP contribution in [0.5, 0.6) is 0 Å². The topological polar surface area (TPSA) is 37.3 Å². The van der Waals surface area contributed by atoms with Gasteiger partial charge in [-0.15, -0.1) is 0 Å². The summed E-state index contributed by atoms with van der Waals surface area (Å²) < 4.78 is 0. The van der Waals surface area contributed by atoms with Crippen molar-refractivity contribution in [2.24, 2.45) is 23.7 Å². The number of carboxylic acids is 1. The van der Waals surface area contributed by atoms with Crippen LogP contribution in [0, 0.1) is 23.7 Å². The second-order valence-corrected chi connectivity index (χ2v) is 9.05. The van der Waals surface area contributed by atoms with Gasteiger partial charge in [-0.05, 0) is 55.8 Å². The minimum atomic E-state index is -0.638. The molecule has 0 spiro atoms. The van der Waals surface area contributed by atoms with Gasteiger partial charge in [-0.1, -0.05) is 77.6 Å². The van der Waals surface area contributed by atoms with Crippen molar-refractivity contribution in [1.82, 2.24) is 0 Å². The van der Waals surface area contributed by atoms with E-state index in [0.717, 1.165) is 36.5 Å². The summed E-state index contributed by atoms with van der Waals surface area (Å²) in [7, 11) is 0. The molecule has 0 saturated heterocycles. The first-order valence-corrected chi connectivity index (χ1v) is 11.4. The first-order valence-electron chi connectivity index (χ1n) is 11.4. The van der Waals surface area contributed by atoms with E-state index in [0.29, 0.717) is 6.42 Å². The summed E-state index contributed by atoms with van der Waals surface area (Å²) in [6.45, 7) is 2.31. The van der Waals surface area contributed by atoms with Gasteiger partial charge in [0.15, 0.2) is 0 Å². The maximum Gasteiger partial charge on any atom is 0.303 e. The van der Waals surface area contributed by atoms with Gasteiger partial charge in [0.2, 0.25) is 0 Å². The molecule has 2 nitrogen and oxygen atoms in total. The van der Waals surface area contributed by atoms with Crippen molar-refractivity contribution in [3.05, 3.63) is 0 Å². The monoisotopic (exact) mass is 350 g/mol. The molecule has 0 unspecified atom stereocenters. The molecule has 0 aliphatic heterocycles. The lowest BCUT2D eigenvalue weighted by molar-refractivity contribution is -0.137. The number of unbranched alkanes of at least 4 members (excludes halogenated alkanes) is 4. The number of aliphatic carboxylic acids is 1. The smallest absolute Gasteiger partial charge is 0.303 e. The Hall–Kier alpha value is -0.530. The number of rotatable bonds is 11. The molecule has 0 heterocycles. The van der Waals surface area contributed by atoms with Crippen LogP contribution < -0.4 is 0 Å². The third-order valence-corrected chi connectivity index (χ3v) is 7.17. The van der Waals surface area contributed by atoms with Crippen molar-refractivity contribution in [1.29, 1.82) is 0 Å². The minimum absolute atomic E-state index is 0.355. The van der Waals surface area contributed by atoms with E-state index in [9.17, 15) is 4.79 Å². The van der Waals surface area contributed by atoms with E-state index in [-0.39, 0.29) is 0 Å². The van der Waals surface area contributed by atoms with Crippen LogP contribution in [0.2, 0.25) is 0 Å². The standard InChI is InChI=1S/C23H42O2/c1-2-3-5-8-19-11-15-21(16-12-19)22-17-13-20(14-18-22)9-6-4-7-10-23(24)25/h19-22H,2-18H2,1H3,(H,24,25). The van der Waals surface area contributed by atoms with Gasteiger partial charge < -0.3 is 5.11 Å². The predicted molar refractivity (Wildman–Crippen MR) is 106 cm³/mol. The first-order chi connectivity index (χ1) is 12.2. The number of carboxylic acid groups (broad SMARTS) is 1. The summed E-state index contributed by atoms with van der Waals surface area (Å²) in [5, 5.41) is 8.68. The molecular formula is C23H42O2. The summed E-state index contributed by atoms with van der Waals surface area (Å²) in [5.74, 6) is 3.41. The molecule has 0 bridgehead atoms. The van der Waals surface area contributed by atoms with Crippen molar-refractivity contribution in [2.75, 3.05) is 0 Å². The molecular weight excluding hydrogens is 308 g/mol. The van der Waals surface area contributed by atoms with Gasteiger partial charge in [-0.25, -0.2) is 0 Å². The molecule has 0 aromatic carbocycles. The van der Waals surface area contributed by atoms with Crippen LogP contribution in [-0.4, -0.2) is 11.1 Å². The van der Waals surface area contributed by atoms with Crippen LogP contribution in [-0.2, 0) is 4.79 Å². The maximum atomic E-state index is 10.5. The summed E-state index contributed by atoms with van der Waals surface area (Å²) in [6.07, 6.45) is 22.6. The molecule has 0 aromatic rings. The summed E-state index contributed by atoms with van der Waals surface area (Å²) in [5.41, 5.74) is 0. The van der Waals surface area contributed by atoms with Gasteiger partial charge in [0.1, 0.15) is 0 Å². The number of carbonyl (C=O) groups is 1. The van der Waals surface area contributed by atoms with Crippen molar-refractivity contribution < 1.29 is 9.90 Å². The van der Waals surface area contributed by atoms with Crippen molar-refractivity contribution >= 4 is 5.97 Å². The molecule has 2 saturated carbocycles. The molecule has 2 rings (SSSR count). The molecule has 0 atom stereocenters. The lowest BCUT2D eigenvalue weighted by atomic mass is 9.68. The Morgan fingerprint density at radius 2 is 1.20 bits per heavy atom. The highest BCUT2D eigenvalue weighted by molar-refractivity contribution is 5.66. The zero-order chi connectivity index (χ0) is 17.9. The molecule has 0 radical (unpaired) electrons. The van der Waals surface area contributed by atoms with E-state index in [1.807, 2.05) is 0 Å². The molecule has 146 valence electrons. The maximum absolute atomic E-state index is 10.5. The van der Waals surface area contributed by atoms with Crippen LogP contribution in [0.3, 0.4) is 0 Å². The Balaban J connectivity index is 1.53. The SMILES string of the molecule is CCCCCC1CCC(C2CCC(CCCCCC(=O)O)CC2)CC1. The molecule has 2 fully saturated rings. The van der Waals surface area contributed by atoms with Gasteiger partial charge in [0.05, 0.1) is 0 Å². The fourth-order valence-electron chi connectivity index (χ4n) is 5.47. The third-order valence-electron chi connectivity index (χ3n) is 7.17. The predicted octanol–water partition coefficient (Wildman–Crippen LogP) is 7.21. The van der Waals surface area contributed by atoms with Crippen molar-refractivity contribution in [3.8, 4) is 0 Å². The quantitative estimate of drug-likeness (QED) is 0.399. The van der Waals surface area contributed by atoms with Crippen LogP contribution in [0.4, 0.5) is 0 Å². The average molecular weight is 351 g/mol. The molecule has 2 aliphatic carbocycles. The highest BCUT2D eigenvalue weighted by Gasteiger charge is 2.30. The second-order valence-electron chi connectivity index (χ2n) is 9.05. The Bertz CT molecular complexity index is 349. The van der Waals surface area contributed by atoms with E-state index in [4.69, 9.17) is 5.11 Å². The van der Waals surface area contributed by atoms with Crippen molar-refractivity contribution in [3.63, 3.8) is 0 Å². The molecule has 0 amide bonds. The molecule has 2 heteroatoms. The summed E-state index contributed by atoms with van der Waals surface area (Å²) in [4.78, 5) is 10.5. The Morgan fingerprint density at radius 3 is 1.64 bits per heavy atom. The van der Waals surface area contributed by atoms with E-state index < -0.39 is 5.97 Å². The van der Waals surface area contributed by atoms with Crippen LogP contribution in [0.1, 0.15) is 116 Å². The minimum Gasteiger partial charge on any atom is -0.481 e. The summed E-state index contributed by atoms with van der Waals surface area (Å²) in [6, 6.07) is 0. The Labute approximate surface area is 156 Å². The van der Waals surface area contributed by atoms with E-state index in [2.05, 4.69) is 6.92 Å². The average Bonchev–Trinajstić information content (AvgIpc) is 2.63. The second kappa shape index (κ2) is 12.0. The van der Waals surface area contributed by atoms with Crippen LogP contribution in [0.15, 0.2) is 0 Å². The first kappa shape index (κ1) is 20.8. The van der Waals surface area contributed by atoms with E-state index in [1.54, 1.807) is 0 Å². The molecule has 0 aromatic heterocycles. The Kier molecular flexibility index (Phi) is 9.94. The highest BCUT2D eigenvalue weighted by Crippen LogP contribution is 2.43. The molecule has 2 aliphatic rings. The lowest BCUT2D eigenvalue weighted by Gasteiger charge is -2.38. The van der Waals surface area contributed by atoms with E-state index >= 15 is 0 Å². The normalized spacial score (nSPS) is 30.3. The largest absolute Gasteiger partial charge is 0.481 e. The highest BCUT2D eigenvalue weighted by atomic mass is 16.4. The molecule has 1 N–H and O–H groups in total. The third kappa shape index (κ3) is 8.13.